The maximum Gasteiger partial charge on any atom is 0.401 e. The Morgan fingerprint density at radius 3 is 2.60 bits per heavy atom. The molecular formula is C25H29F3N6O. The van der Waals surface area contributed by atoms with Crippen LogP contribution in [-0.4, -0.2) is 62.9 Å². The van der Waals surface area contributed by atoms with Gasteiger partial charge in [-0.3, -0.25) is 15.0 Å². The Bertz CT molecular complexity index is 1280. The Kier molecular flexibility index (Phi) is 5.54. The molecule has 2 aliphatic heterocycles. The molecule has 2 amide bonds. The maximum absolute atomic E-state index is 13.1. The van der Waals surface area contributed by atoms with E-state index in [0.717, 1.165) is 33.4 Å². The van der Waals surface area contributed by atoms with Crippen LogP contribution < -0.4 is 5.32 Å². The molecule has 0 aliphatic carbocycles. The Morgan fingerprint density at radius 2 is 1.91 bits per heavy atom. The van der Waals surface area contributed by atoms with Gasteiger partial charge in [-0.15, -0.1) is 0 Å². The zero-order valence-corrected chi connectivity index (χ0v) is 20.2. The van der Waals surface area contributed by atoms with Gasteiger partial charge in [-0.1, -0.05) is 20.8 Å². The largest absolute Gasteiger partial charge is 0.401 e. The number of aromatic amines is 1. The number of likely N-dealkylation sites (tertiary alicyclic amines) is 1. The summed E-state index contributed by atoms with van der Waals surface area (Å²) in [5, 5.41) is 11.4. The molecule has 5 rings (SSSR count). The molecule has 10 heteroatoms. The number of pyridine rings is 1. The van der Waals surface area contributed by atoms with Gasteiger partial charge in [0.2, 0.25) is 0 Å². The third kappa shape index (κ3) is 4.59. The van der Waals surface area contributed by atoms with Crippen LogP contribution in [0.25, 0.3) is 22.2 Å². The number of carbonyl (C=O) groups is 1. The maximum atomic E-state index is 13.1. The number of alkyl halides is 3. The number of aromatic nitrogens is 3. The van der Waals surface area contributed by atoms with E-state index in [1.807, 2.05) is 52.0 Å². The quantitative estimate of drug-likeness (QED) is 0.534. The number of hydrogen-bond donors (Lipinski definition) is 2. The molecule has 1 saturated heterocycles. The fourth-order valence-corrected chi connectivity index (χ4v) is 5.40. The Hall–Kier alpha value is -3.14. The molecule has 2 aromatic heterocycles. The van der Waals surface area contributed by atoms with Gasteiger partial charge in [-0.2, -0.15) is 18.3 Å². The van der Waals surface area contributed by atoms with Crippen LogP contribution in [0.3, 0.4) is 0 Å². The molecule has 2 unspecified atom stereocenters. The summed E-state index contributed by atoms with van der Waals surface area (Å²) in [5.74, 6) is -0.0924. The molecule has 2 aliphatic rings. The molecule has 2 N–H and O–H groups in total. The summed E-state index contributed by atoms with van der Waals surface area (Å²) in [6, 6.07) is 7.14. The zero-order chi connectivity index (χ0) is 25.1. The second-order valence-corrected chi connectivity index (χ2v) is 10.7. The van der Waals surface area contributed by atoms with Gasteiger partial charge in [0.05, 0.1) is 18.1 Å². The molecule has 35 heavy (non-hydrogen) atoms. The number of halogens is 3. The minimum Gasteiger partial charge on any atom is -0.316 e. The van der Waals surface area contributed by atoms with E-state index in [1.54, 1.807) is 11.1 Å². The Labute approximate surface area is 201 Å². The number of aryl methyl sites for hydroxylation is 1. The molecule has 3 aromatic rings. The van der Waals surface area contributed by atoms with E-state index in [-0.39, 0.29) is 30.0 Å². The molecule has 0 saturated carbocycles. The summed E-state index contributed by atoms with van der Waals surface area (Å²) in [6.07, 6.45) is -2.53. The number of benzene rings is 1. The highest BCUT2D eigenvalue weighted by molar-refractivity contribution is 6.00. The van der Waals surface area contributed by atoms with Crippen LogP contribution in [0.15, 0.2) is 30.5 Å². The molecular weight excluding hydrogens is 457 g/mol. The fourth-order valence-electron chi connectivity index (χ4n) is 5.40. The second-order valence-electron chi connectivity index (χ2n) is 10.7. The second kappa shape index (κ2) is 8.22. The number of H-pyrrole nitrogens is 1. The zero-order valence-electron chi connectivity index (χ0n) is 20.2. The van der Waals surface area contributed by atoms with Crippen LogP contribution >= 0.6 is 0 Å². The summed E-state index contributed by atoms with van der Waals surface area (Å²) in [7, 11) is 0. The van der Waals surface area contributed by atoms with Crippen molar-refractivity contribution in [2.24, 2.45) is 11.3 Å². The van der Waals surface area contributed by atoms with Gasteiger partial charge in [0, 0.05) is 48.2 Å². The van der Waals surface area contributed by atoms with Crippen molar-refractivity contribution in [3.8, 4) is 11.3 Å². The number of urea groups is 1. The third-order valence-corrected chi connectivity index (χ3v) is 7.08. The smallest absolute Gasteiger partial charge is 0.316 e. The normalized spacial score (nSPS) is 21.5. The first-order valence-electron chi connectivity index (χ1n) is 11.7. The monoisotopic (exact) mass is 486 g/mol. The van der Waals surface area contributed by atoms with Crippen LogP contribution in [0.5, 0.6) is 0 Å². The van der Waals surface area contributed by atoms with Gasteiger partial charge in [-0.05, 0) is 48.1 Å². The van der Waals surface area contributed by atoms with Gasteiger partial charge < -0.3 is 10.2 Å². The first-order valence-corrected chi connectivity index (χ1v) is 11.7. The molecule has 1 aromatic carbocycles. The number of nitrogens with one attached hydrogen (secondary N) is 2. The first-order chi connectivity index (χ1) is 16.4. The Balaban J connectivity index is 1.48. The minimum atomic E-state index is -4.28. The molecule has 4 heterocycles. The highest BCUT2D eigenvalue weighted by Gasteiger charge is 2.47. The lowest BCUT2D eigenvalue weighted by Crippen LogP contribution is -2.51. The van der Waals surface area contributed by atoms with Gasteiger partial charge in [0.1, 0.15) is 5.69 Å². The van der Waals surface area contributed by atoms with E-state index in [1.165, 1.54) is 4.90 Å². The summed E-state index contributed by atoms with van der Waals surface area (Å²) >= 11 is 0. The van der Waals surface area contributed by atoms with Gasteiger partial charge >= 0.3 is 12.2 Å². The lowest BCUT2D eigenvalue weighted by atomic mass is 9.77. The lowest BCUT2D eigenvalue weighted by molar-refractivity contribution is -0.144. The van der Waals surface area contributed by atoms with Crippen molar-refractivity contribution in [1.82, 2.24) is 25.0 Å². The summed E-state index contributed by atoms with van der Waals surface area (Å²) in [5.41, 5.74) is 4.75. The minimum absolute atomic E-state index is 0.0924. The van der Waals surface area contributed by atoms with E-state index in [0.29, 0.717) is 18.8 Å². The topological polar surface area (TPSA) is 77.2 Å². The molecule has 2 atom stereocenters. The molecule has 1 fully saturated rings. The predicted octanol–water partition coefficient (Wildman–Crippen LogP) is 5.19. The first kappa shape index (κ1) is 23.6. The van der Waals surface area contributed by atoms with E-state index in [4.69, 9.17) is 0 Å². The molecule has 7 nitrogen and oxygen atoms in total. The van der Waals surface area contributed by atoms with E-state index >= 15 is 0 Å². The van der Waals surface area contributed by atoms with Gasteiger partial charge in [-0.25, -0.2) is 4.79 Å². The SMILES string of the molecule is Cc1cc(-c2n[nH]c3cc4c(cc23)CN(C2CN(CC(F)(F)F)CC2C(C)(C)C)C(=O)N4)ccn1. The molecule has 0 bridgehead atoms. The van der Waals surface area contributed by atoms with Crippen LogP contribution in [0.2, 0.25) is 0 Å². The van der Waals surface area contributed by atoms with Gasteiger partial charge in [0.25, 0.3) is 0 Å². The van der Waals surface area contributed by atoms with E-state index in [2.05, 4.69) is 20.5 Å². The average Bonchev–Trinajstić information content (AvgIpc) is 3.34. The summed E-state index contributed by atoms with van der Waals surface area (Å²) in [6.45, 7) is 7.85. The van der Waals surface area contributed by atoms with Crippen LogP contribution in [0.1, 0.15) is 32.0 Å². The standard InChI is InChI=1S/C25H29F3N6O/c1-14-7-15(5-6-29-14)22-17-8-16-10-34(23(35)30-19(16)9-20(17)31-32-22)21-12-33(13-25(26,27)28)11-18(21)24(2,3)4/h5-9,18,21H,10-13H2,1-4H3,(H,30,35)(H,31,32). The van der Waals surface area contributed by atoms with Crippen LogP contribution in [0.4, 0.5) is 23.7 Å². The van der Waals surface area contributed by atoms with Crippen molar-refractivity contribution in [2.45, 2.75) is 46.5 Å². The van der Waals surface area contributed by atoms with Crippen molar-refractivity contribution in [3.63, 3.8) is 0 Å². The van der Waals surface area contributed by atoms with E-state index in [9.17, 15) is 18.0 Å². The van der Waals surface area contributed by atoms with Crippen molar-refractivity contribution >= 4 is 22.6 Å². The number of carbonyl (C=O) groups excluding carboxylic acids is 1. The number of rotatable bonds is 3. The lowest BCUT2D eigenvalue weighted by Gasteiger charge is -2.40. The van der Waals surface area contributed by atoms with Crippen LogP contribution in [-0.2, 0) is 6.54 Å². The highest BCUT2D eigenvalue weighted by Crippen LogP contribution is 2.40. The number of fused-ring (bicyclic) bond motifs is 2. The predicted molar refractivity (Wildman–Crippen MR) is 128 cm³/mol. The van der Waals surface area contributed by atoms with Crippen molar-refractivity contribution < 1.29 is 18.0 Å². The molecule has 0 radical (unpaired) electrons. The van der Waals surface area contributed by atoms with Crippen LogP contribution in [0, 0.1) is 18.3 Å². The average molecular weight is 487 g/mol. The molecule has 0 spiro atoms. The third-order valence-electron chi connectivity index (χ3n) is 7.08. The number of amides is 2. The van der Waals surface area contributed by atoms with E-state index < -0.39 is 12.7 Å². The fraction of sp³-hybridized carbons (Fsp3) is 0.480. The Morgan fingerprint density at radius 1 is 1.14 bits per heavy atom. The molecule has 186 valence electrons. The summed E-state index contributed by atoms with van der Waals surface area (Å²) < 4.78 is 39.4. The van der Waals surface area contributed by atoms with Crippen molar-refractivity contribution in [2.75, 3.05) is 25.0 Å². The number of hydrogen-bond acceptors (Lipinski definition) is 4. The van der Waals surface area contributed by atoms with Crippen molar-refractivity contribution in [1.29, 1.82) is 0 Å². The highest BCUT2D eigenvalue weighted by atomic mass is 19.4. The van der Waals surface area contributed by atoms with Crippen molar-refractivity contribution in [3.05, 3.63) is 41.7 Å². The summed E-state index contributed by atoms with van der Waals surface area (Å²) in [4.78, 5) is 20.5. The number of nitrogens with zero attached hydrogens (tertiary/aromatic N) is 4. The number of anilines is 1. The van der Waals surface area contributed by atoms with Gasteiger partial charge in [0.15, 0.2) is 0 Å².